The van der Waals surface area contributed by atoms with Gasteiger partial charge in [0.2, 0.25) is 0 Å². The molecule has 6 heteroatoms. The molecule has 0 amide bonds. The number of ether oxygens (including phenoxy) is 3. The van der Waals surface area contributed by atoms with Crippen LogP contribution in [0.15, 0.2) is 48.6 Å². The minimum atomic E-state index is -0.778. The molecule has 6 nitrogen and oxygen atoms in total. The molecule has 0 aromatic rings. The zero-order valence-electron chi connectivity index (χ0n) is 46.1. The standard InChI is InChI=1S/C63H114O6/c1-4-7-10-13-16-19-22-25-28-31-34-37-40-43-46-49-52-55-61(64)67-58-60(69-63(66)57-54-51-48-45-42-39-36-33-30-27-24-21-18-15-12-9-6-3)59-68-62(65)56-53-50-47-44-41-38-35-32-29-26-23-20-17-14-11-8-5-2/h16-17,19-20,25-26,28-29,60H,4-15,18,21-24,27,30-59H2,1-3H3/b19-16-,20-17-,28-25-,29-26-. The van der Waals surface area contributed by atoms with Gasteiger partial charge in [-0.25, -0.2) is 0 Å². The van der Waals surface area contributed by atoms with Gasteiger partial charge in [0.1, 0.15) is 13.2 Å². The molecule has 0 rings (SSSR count). The highest BCUT2D eigenvalue weighted by molar-refractivity contribution is 5.71. The van der Waals surface area contributed by atoms with E-state index < -0.39 is 6.10 Å². The van der Waals surface area contributed by atoms with Gasteiger partial charge in [-0.3, -0.25) is 14.4 Å². The predicted molar refractivity (Wildman–Crippen MR) is 298 cm³/mol. The number of allylic oxidation sites excluding steroid dienone is 8. The van der Waals surface area contributed by atoms with E-state index in [2.05, 4.69) is 69.4 Å². The van der Waals surface area contributed by atoms with E-state index in [1.54, 1.807) is 0 Å². The van der Waals surface area contributed by atoms with Gasteiger partial charge < -0.3 is 14.2 Å². The lowest BCUT2D eigenvalue weighted by molar-refractivity contribution is -0.167. The van der Waals surface area contributed by atoms with Crippen LogP contribution in [-0.4, -0.2) is 37.2 Å². The second-order valence-corrected chi connectivity index (χ2v) is 20.3. The summed E-state index contributed by atoms with van der Waals surface area (Å²) in [5.41, 5.74) is 0. The topological polar surface area (TPSA) is 78.9 Å². The Kier molecular flexibility index (Phi) is 55.7. The number of esters is 3. The van der Waals surface area contributed by atoms with Crippen LogP contribution in [0.1, 0.15) is 316 Å². The molecule has 69 heavy (non-hydrogen) atoms. The second-order valence-electron chi connectivity index (χ2n) is 20.3. The molecule has 0 aliphatic carbocycles. The minimum absolute atomic E-state index is 0.0768. The molecule has 0 saturated heterocycles. The van der Waals surface area contributed by atoms with Crippen molar-refractivity contribution in [1.82, 2.24) is 0 Å². The summed E-state index contributed by atoms with van der Waals surface area (Å²) in [6.07, 6.45) is 70.9. The largest absolute Gasteiger partial charge is 0.462 e. The SMILES string of the molecule is CCCCC/C=C\C/C=C\CCCCCCCCCC(=O)OCC(COC(=O)CCCCCCCCC/C=C\C/C=C\CCCCC)OC(=O)CCCCCCCCCCCCCCCCCCC. The van der Waals surface area contributed by atoms with Gasteiger partial charge in [0.05, 0.1) is 0 Å². The molecule has 0 heterocycles. The first-order valence-corrected chi connectivity index (χ1v) is 30.1. The molecule has 0 bridgehead atoms. The number of hydrogen-bond acceptors (Lipinski definition) is 6. The van der Waals surface area contributed by atoms with Gasteiger partial charge in [0.15, 0.2) is 6.10 Å². The summed E-state index contributed by atoms with van der Waals surface area (Å²) in [6, 6.07) is 0. The van der Waals surface area contributed by atoms with Crippen molar-refractivity contribution in [2.45, 2.75) is 322 Å². The van der Waals surface area contributed by atoms with Gasteiger partial charge in [-0.1, -0.05) is 262 Å². The van der Waals surface area contributed by atoms with Crippen molar-refractivity contribution in [2.75, 3.05) is 13.2 Å². The van der Waals surface area contributed by atoms with Crippen LogP contribution in [-0.2, 0) is 28.6 Å². The Morgan fingerprint density at radius 3 is 0.826 bits per heavy atom. The molecule has 0 fully saturated rings. The van der Waals surface area contributed by atoms with Crippen molar-refractivity contribution in [3.63, 3.8) is 0 Å². The molecular weight excluding hydrogens is 853 g/mol. The first-order chi connectivity index (χ1) is 34.0. The van der Waals surface area contributed by atoms with Crippen molar-refractivity contribution >= 4 is 17.9 Å². The van der Waals surface area contributed by atoms with Crippen LogP contribution in [0.2, 0.25) is 0 Å². The minimum Gasteiger partial charge on any atom is -0.462 e. The third-order valence-corrected chi connectivity index (χ3v) is 13.3. The predicted octanol–water partition coefficient (Wildman–Crippen LogP) is 20.2. The Morgan fingerprint density at radius 2 is 0.522 bits per heavy atom. The van der Waals surface area contributed by atoms with E-state index in [1.807, 2.05) is 0 Å². The van der Waals surface area contributed by atoms with Gasteiger partial charge in [-0.15, -0.1) is 0 Å². The smallest absolute Gasteiger partial charge is 0.306 e. The van der Waals surface area contributed by atoms with Crippen molar-refractivity contribution in [2.24, 2.45) is 0 Å². The highest BCUT2D eigenvalue weighted by Gasteiger charge is 2.19. The maximum Gasteiger partial charge on any atom is 0.306 e. The molecule has 0 radical (unpaired) electrons. The number of hydrogen-bond donors (Lipinski definition) is 0. The lowest BCUT2D eigenvalue weighted by Gasteiger charge is -2.18. The molecule has 0 aromatic heterocycles. The first kappa shape index (κ1) is 66.4. The summed E-state index contributed by atoms with van der Waals surface area (Å²) >= 11 is 0. The third kappa shape index (κ3) is 56.2. The fourth-order valence-electron chi connectivity index (χ4n) is 8.74. The monoisotopic (exact) mass is 967 g/mol. The Bertz CT molecular complexity index is 1140. The van der Waals surface area contributed by atoms with Crippen LogP contribution in [0.4, 0.5) is 0 Å². The molecule has 0 aliphatic heterocycles. The molecule has 0 saturated carbocycles. The number of rotatable bonds is 55. The average molecular weight is 968 g/mol. The lowest BCUT2D eigenvalue weighted by atomic mass is 10.0. The number of carbonyl (C=O) groups excluding carboxylic acids is 3. The van der Waals surface area contributed by atoms with E-state index in [0.717, 1.165) is 83.5 Å². The summed E-state index contributed by atoms with van der Waals surface area (Å²) in [5.74, 6) is -0.873. The van der Waals surface area contributed by atoms with E-state index in [0.29, 0.717) is 19.3 Å². The first-order valence-electron chi connectivity index (χ1n) is 30.1. The molecule has 0 atom stereocenters. The van der Waals surface area contributed by atoms with E-state index in [4.69, 9.17) is 14.2 Å². The highest BCUT2D eigenvalue weighted by Crippen LogP contribution is 2.17. The molecule has 0 aliphatic rings. The normalized spacial score (nSPS) is 11.9. The van der Waals surface area contributed by atoms with Crippen LogP contribution in [0.5, 0.6) is 0 Å². The summed E-state index contributed by atoms with van der Waals surface area (Å²) < 4.78 is 16.9. The quantitative estimate of drug-likeness (QED) is 0.0262. The van der Waals surface area contributed by atoms with Gasteiger partial charge >= 0.3 is 17.9 Å². The van der Waals surface area contributed by atoms with Crippen molar-refractivity contribution < 1.29 is 28.6 Å². The molecule has 402 valence electrons. The van der Waals surface area contributed by atoms with Crippen LogP contribution >= 0.6 is 0 Å². The molecule has 0 unspecified atom stereocenters. The van der Waals surface area contributed by atoms with E-state index in [9.17, 15) is 14.4 Å². The Balaban J connectivity index is 4.37. The van der Waals surface area contributed by atoms with Crippen LogP contribution in [0.25, 0.3) is 0 Å². The highest BCUT2D eigenvalue weighted by atomic mass is 16.6. The van der Waals surface area contributed by atoms with Crippen molar-refractivity contribution in [1.29, 1.82) is 0 Å². The van der Waals surface area contributed by atoms with Gasteiger partial charge in [0, 0.05) is 19.3 Å². The van der Waals surface area contributed by atoms with Crippen molar-refractivity contribution in [3.05, 3.63) is 48.6 Å². The maximum atomic E-state index is 12.9. The van der Waals surface area contributed by atoms with E-state index in [1.165, 1.54) is 193 Å². The molecular formula is C63H114O6. The Morgan fingerprint density at radius 1 is 0.290 bits per heavy atom. The Labute approximate surface area is 428 Å². The number of carbonyl (C=O) groups is 3. The molecule has 0 aromatic carbocycles. The zero-order valence-corrected chi connectivity index (χ0v) is 46.1. The summed E-state index contributed by atoms with van der Waals surface area (Å²) in [7, 11) is 0. The average Bonchev–Trinajstić information content (AvgIpc) is 3.35. The lowest BCUT2D eigenvalue weighted by Crippen LogP contribution is -2.30. The van der Waals surface area contributed by atoms with Gasteiger partial charge in [0.25, 0.3) is 0 Å². The molecule has 0 N–H and O–H groups in total. The number of unbranched alkanes of at least 4 members (excludes halogenated alkanes) is 36. The van der Waals surface area contributed by atoms with Crippen LogP contribution < -0.4 is 0 Å². The van der Waals surface area contributed by atoms with Crippen LogP contribution in [0.3, 0.4) is 0 Å². The van der Waals surface area contributed by atoms with Crippen LogP contribution in [0, 0.1) is 0 Å². The third-order valence-electron chi connectivity index (χ3n) is 13.3. The van der Waals surface area contributed by atoms with E-state index in [-0.39, 0.29) is 31.1 Å². The van der Waals surface area contributed by atoms with Gasteiger partial charge in [-0.05, 0) is 83.5 Å². The van der Waals surface area contributed by atoms with E-state index >= 15 is 0 Å². The summed E-state index contributed by atoms with van der Waals surface area (Å²) in [5, 5.41) is 0. The van der Waals surface area contributed by atoms with Gasteiger partial charge in [-0.2, -0.15) is 0 Å². The van der Waals surface area contributed by atoms with Crippen molar-refractivity contribution in [3.8, 4) is 0 Å². The maximum absolute atomic E-state index is 12.9. The summed E-state index contributed by atoms with van der Waals surface area (Å²) in [4.78, 5) is 38.2. The second kappa shape index (κ2) is 57.9. The summed E-state index contributed by atoms with van der Waals surface area (Å²) in [6.45, 7) is 6.62. The fraction of sp³-hybridized carbons (Fsp3) is 0.825. The zero-order chi connectivity index (χ0) is 50.0. The fourth-order valence-corrected chi connectivity index (χ4v) is 8.74. The molecule has 0 spiro atoms. The Hall–Kier alpha value is -2.63.